The average Bonchev–Trinajstić information content (AvgIpc) is 2.73. The molecule has 0 amide bonds. The van der Waals surface area contributed by atoms with Gasteiger partial charge in [0.05, 0.1) is 13.2 Å². The molecule has 1 fully saturated rings. The van der Waals surface area contributed by atoms with E-state index in [0.29, 0.717) is 19.1 Å². The van der Waals surface area contributed by atoms with Gasteiger partial charge in [-0.3, -0.25) is 0 Å². The zero-order chi connectivity index (χ0) is 20.6. The summed E-state index contributed by atoms with van der Waals surface area (Å²) >= 11 is 0. The number of hydrogen-bond acceptors (Lipinski definition) is 5. The number of pyridine rings is 1. The van der Waals surface area contributed by atoms with E-state index < -0.39 is 0 Å². The van der Waals surface area contributed by atoms with Crippen molar-refractivity contribution < 1.29 is 9.13 Å². The number of hydrogen-bond donors (Lipinski definition) is 2. The van der Waals surface area contributed by atoms with Crippen molar-refractivity contribution in [2.24, 2.45) is 10.7 Å². The smallest absolute Gasteiger partial charge is 0.189 e. The standard InChI is InChI=1S/C21H29FN6O/c1-16(15-29-2)26-21(23)25-14-17-7-8-24-20(13-17)28-11-9-27(10-12-28)19-5-3-18(22)4-6-19/h3-8,13,16H,9-12,14-15H2,1-2H3,(H3,23,25,26). The fourth-order valence-electron chi connectivity index (χ4n) is 3.34. The van der Waals surface area contributed by atoms with Crippen LogP contribution >= 0.6 is 0 Å². The Labute approximate surface area is 171 Å². The van der Waals surface area contributed by atoms with Crippen LogP contribution in [-0.2, 0) is 11.3 Å². The number of piperazine rings is 1. The molecule has 1 saturated heterocycles. The van der Waals surface area contributed by atoms with Gasteiger partial charge in [0, 0.05) is 51.2 Å². The maximum atomic E-state index is 13.1. The van der Waals surface area contributed by atoms with E-state index in [1.54, 1.807) is 7.11 Å². The maximum absolute atomic E-state index is 13.1. The number of benzene rings is 1. The summed E-state index contributed by atoms with van der Waals surface area (Å²) in [5.74, 6) is 1.14. The average molecular weight is 401 g/mol. The minimum Gasteiger partial charge on any atom is -0.383 e. The van der Waals surface area contributed by atoms with Crippen LogP contribution < -0.4 is 20.9 Å². The lowest BCUT2D eigenvalue weighted by Crippen LogP contribution is -2.46. The Morgan fingerprint density at radius 3 is 2.59 bits per heavy atom. The van der Waals surface area contributed by atoms with Gasteiger partial charge in [0.1, 0.15) is 11.6 Å². The fraction of sp³-hybridized carbons (Fsp3) is 0.429. The molecular formula is C21H29FN6O. The van der Waals surface area contributed by atoms with Crippen molar-refractivity contribution in [1.29, 1.82) is 0 Å². The molecule has 0 spiro atoms. The number of nitrogens with one attached hydrogen (secondary N) is 1. The quantitative estimate of drug-likeness (QED) is 0.547. The Hall–Kier alpha value is -2.87. The first-order valence-corrected chi connectivity index (χ1v) is 9.81. The van der Waals surface area contributed by atoms with Gasteiger partial charge in [-0.05, 0) is 48.9 Å². The van der Waals surface area contributed by atoms with Crippen LogP contribution in [0.2, 0.25) is 0 Å². The maximum Gasteiger partial charge on any atom is 0.189 e. The molecule has 2 aromatic rings. The van der Waals surface area contributed by atoms with Crippen LogP contribution in [0.25, 0.3) is 0 Å². The Bertz CT molecular complexity index is 805. The molecule has 1 aliphatic heterocycles. The van der Waals surface area contributed by atoms with Crippen molar-refractivity contribution in [3.63, 3.8) is 0 Å². The molecule has 1 atom stereocenters. The Morgan fingerprint density at radius 2 is 1.90 bits per heavy atom. The first-order valence-electron chi connectivity index (χ1n) is 9.81. The van der Waals surface area contributed by atoms with E-state index in [4.69, 9.17) is 10.5 Å². The van der Waals surface area contributed by atoms with Crippen molar-refractivity contribution in [2.75, 3.05) is 49.7 Å². The molecule has 0 bridgehead atoms. The number of methoxy groups -OCH3 is 1. The van der Waals surface area contributed by atoms with Gasteiger partial charge >= 0.3 is 0 Å². The summed E-state index contributed by atoms with van der Waals surface area (Å²) in [5, 5.41) is 3.10. The van der Waals surface area contributed by atoms with Gasteiger partial charge in [0.2, 0.25) is 0 Å². The third-order valence-corrected chi connectivity index (χ3v) is 4.85. The van der Waals surface area contributed by atoms with Crippen LogP contribution in [0.3, 0.4) is 0 Å². The Kier molecular flexibility index (Phi) is 7.24. The van der Waals surface area contributed by atoms with Gasteiger partial charge < -0.3 is 25.6 Å². The number of halogens is 1. The molecule has 0 saturated carbocycles. The minimum absolute atomic E-state index is 0.106. The number of nitrogens with zero attached hydrogens (tertiary/aromatic N) is 4. The first kappa shape index (κ1) is 20.9. The number of aromatic nitrogens is 1. The summed E-state index contributed by atoms with van der Waals surface area (Å²) in [7, 11) is 1.66. The predicted octanol–water partition coefficient (Wildman–Crippen LogP) is 1.99. The minimum atomic E-state index is -0.208. The van der Waals surface area contributed by atoms with Crippen molar-refractivity contribution in [3.05, 3.63) is 54.0 Å². The number of rotatable bonds is 7. The van der Waals surface area contributed by atoms with E-state index >= 15 is 0 Å². The molecule has 0 radical (unpaired) electrons. The number of ether oxygens (including phenoxy) is 1. The third kappa shape index (κ3) is 6.05. The van der Waals surface area contributed by atoms with Crippen LogP contribution in [0, 0.1) is 5.82 Å². The molecule has 1 aromatic carbocycles. The normalized spacial score (nSPS) is 16.0. The van der Waals surface area contributed by atoms with Crippen LogP contribution in [0.4, 0.5) is 15.9 Å². The summed E-state index contributed by atoms with van der Waals surface area (Å²) < 4.78 is 18.2. The number of nitrogens with two attached hydrogens (primary N) is 1. The molecular weight excluding hydrogens is 371 g/mol. The van der Waals surface area contributed by atoms with E-state index in [1.807, 2.05) is 31.3 Å². The van der Waals surface area contributed by atoms with Gasteiger partial charge in [0.15, 0.2) is 5.96 Å². The first-order chi connectivity index (χ1) is 14.0. The largest absolute Gasteiger partial charge is 0.383 e. The molecule has 156 valence electrons. The van der Waals surface area contributed by atoms with E-state index in [0.717, 1.165) is 43.2 Å². The highest BCUT2D eigenvalue weighted by molar-refractivity contribution is 5.78. The lowest BCUT2D eigenvalue weighted by atomic mass is 10.2. The molecule has 3 rings (SSSR count). The lowest BCUT2D eigenvalue weighted by Gasteiger charge is -2.36. The topological polar surface area (TPSA) is 79.0 Å². The zero-order valence-corrected chi connectivity index (χ0v) is 17.0. The summed E-state index contributed by atoms with van der Waals surface area (Å²) in [6, 6.07) is 10.8. The van der Waals surface area contributed by atoms with Crippen LogP contribution in [0.15, 0.2) is 47.6 Å². The highest BCUT2D eigenvalue weighted by atomic mass is 19.1. The fourth-order valence-corrected chi connectivity index (χ4v) is 3.34. The third-order valence-electron chi connectivity index (χ3n) is 4.85. The number of anilines is 2. The van der Waals surface area contributed by atoms with E-state index in [9.17, 15) is 4.39 Å². The lowest BCUT2D eigenvalue weighted by molar-refractivity contribution is 0.179. The molecule has 1 unspecified atom stereocenters. The summed E-state index contributed by atoms with van der Waals surface area (Å²) in [6.07, 6.45) is 1.81. The van der Waals surface area contributed by atoms with E-state index in [2.05, 4.69) is 31.2 Å². The van der Waals surface area contributed by atoms with Gasteiger partial charge in [-0.1, -0.05) is 0 Å². The second kappa shape index (κ2) is 10.1. The Morgan fingerprint density at radius 1 is 1.21 bits per heavy atom. The second-order valence-corrected chi connectivity index (χ2v) is 7.17. The van der Waals surface area contributed by atoms with Crippen LogP contribution in [-0.4, -0.2) is 56.9 Å². The van der Waals surface area contributed by atoms with E-state index in [-0.39, 0.29) is 11.9 Å². The van der Waals surface area contributed by atoms with Crippen LogP contribution in [0.5, 0.6) is 0 Å². The van der Waals surface area contributed by atoms with E-state index in [1.165, 1.54) is 12.1 Å². The predicted molar refractivity (Wildman–Crippen MR) is 115 cm³/mol. The molecule has 7 nitrogen and oxygen atoms in total. The van der Waals surface area contributed by atoms with Crippen LogP contribution in [0.1, 0.15) is 12.5 Å². The van der Waals surface area contributed by atoms with Crippen molar-refractivity contribution in [2.45, 2.75) is 19.5 Å². The molecule has 1 aromatic heterocycles. The van der Waals surface area contributed by atoms with Gasteiger partial charge in [-0.2, -0.15) is 0 Å². The van der Waals surface area contributed by atoms with Crippen molar-refractivity contribution in [3.8, 4) is 0 Å². The zero-order valence-electron chi connectivity index (χ0n) is 17.0. The number of aliphatic imine (C=N–C) groups is 1. The molecule has 3 N–H and O–H groups in total. The summed E-state index contributed by atoms with van der Waals surface area (Å²) in [4.78, 5) is 13.4. The highest BCUT2D eigenvalue weighted by Gasteiger charge is 2.18. The SMILES string of the molecule is COCC(C)NC(N)=NCc1ccnc(N2CCN(c3ccc(F)cc3)CC2)c1. The Balaban J connectivity index is 1.55. The molecule has 29 heavy (non-hydrogen) atoms. The van der Waals surface area contributed by atoms with Gasteiger partial charge in [-0.25, -0.2) is 14.4 Å². The molecule has 1 aliphatic rings. The molecule has 2 heterocycles. The molecule has 8 heteroatoms. The van der Waals surface area contributed by atoms with Crippen molar-refractivity contribution >= 4 is 17.5 Å². The second-order valence-electron chi connectivity index (χ2n) is 7.17. The monoisotopic (exact) mass is 400 g/mol. The molecule has 0 aliphatic carbocycles. The van der Waals surface area contributed by atoms with Crippen molar-refractivity contribution in [1.82, 2.24) is 10.3 Å². The summed E-state index contributed by atoms with van der Waals surface area (Å²) in [5.41, 5.74) is 8.05. The van der Waals surface area contributed by atoms with Gasteiger partial charge in [-0.15, -0.1) is 0 Å². The van der Waals surface area contributed by atoms with Gasteiger partial charge in [0.25, 0.3) is 0 Å². The number of guanidine groups is 1. The summed E-state index contributed by atoms with van der Waals surface area (Å²) in [6.45, 7) is 6.49. The highest BCUT2D eigenvalue weighted by Crippen LogP contribution is 2.20.